The largest absolute Gasteiger partial charge is 0.481 e. The lowest BCUT2D eigenvalue weighted by Gasteiger charge is -2.57. The molecule has 5 heteroatoms. The summed E-state index contributed by atoms with van der Waals surface area (Å²) in [5, 5.41) is 25.3. The SMILES string of the molecule is O=C(O)Cc1cnc(Cc2ccc(C(O)NCCC34CC5CC(CC(C5)C3)C4)cc2)c2ccccc12. The molecule has 4 saturated carbocycles. The normalized spacial score (nSPS) is 27.4. The van der Waals surface area contributed by atoms with Crippen LogP contribution in [0.5, 0.6) is 0 Å². The van der Waals surface area contributed by atoms with E-state index in [9.17, 15) is 15.0 Å². The molecule has 4 fully saturated rings. The van der Waals surface area contributed by atoms with E-state index in [1.54, 1.807) is 6.20 Å². The van der Waals surface area contributed by atoms with Crippen LogP contribution in [0.15, 0.2) is 54.7 Å². The number of benzene rings is 2. The molecule has 36 heavy (non-hydrogen) atoms. The maximum Gasteiger partial charge on any atom is 0.307 e. The van der Waals surface area contributed by atoms with Gasteiger partial charge in [-0.3, -0.25) is 15.1 Å². The first-order chi connectivity index (χ1) is 17.5. The number of hydrogen-bond donors (Lipinski definition) is 3. The van der Waals surface area contributed by atoms with Gasteiger partial charge < -0.3 is 10.2 Å². The summed E-state index contributed by atoms with van der Waals surface area (Å²) in [6, 6.07) is 16.0. The first-order valence-corrected chi connectivity index (χ1v) is 13.5. The summed E-state index contributed by atoms with van der Waals surface area (Å²) >= 11 is 0. The molecule has 1 atom stereocenters. The van der Waals surface area contributed by atoms with Crippen LogP contribution in [0, 0.1) is 23.2 Å². The lowest BCUT2D eigenvalue weighted by Crippen LogP contribution is -2.47. The van der Waals surface area contributed by atoms with Crippen LogP contribution in [-0.4, -0.2) is 27.7 Å². The van der Waals surface area contributed by atoms with Crippen molar-refractivity contribution in [2.75, 3.05) is 6.54 Å². The van der Waals surface area contributed by atoms with E-state index >= 15 is 0 Å². The number of aromatic nitrogens is 1. The average Bonchev–Trinajstić information content (AvgIpc) is 2.85. The Kier molecular flexibility index (Phi) is 6.30. The van der Waals surface area contributed by atoms with Crippen molar-refractivity contribution in [2.45, 2.75) is 64.0 Å². The predicted octanol–water partition coefficient (Wildman–Crippen LogP) is 5.64. The molecule has 7 rings (SSSR count). The Morgan fingerprint density at radius 1 is 0.972 bits per heavy atom. The summed E-state index contributed by atoms with van der Waals surface area (Å²) in [6.07, 6.45) is 11.5. The number of carboxylic acid groups (broad SMARTS) is 1. The summed E-state index contributed by atoms with van der Waals surface area (Å²) in [4.78, 5) is 15.8. The number of aliphatic carboxylic acids is 1. The van der Waals surface area contributed by atoms with Gasteiger partial charge in [0.1, 0.15) is 6.23 Å². The Morgan fingerprint density at radius 3 is 2.25 bits per heavy atom. The fourth-order valence-electron chi connectivity index (χ4n) is 7.95. The van der Waals surface area contributed by atoms with Gasteiger partial charge in [-0.05, 0) is 96.7 Å². The second-order valence-electron chi connectivity index (χ2n) is 11.8. The van der Waals surface area contributed by atoms with Gasteiger partial charge in [-0.25, -0.2) is 0 Å². The summed E-state index contributed by atoms with van der Waals surface area (Å²) in [5.74, 6) is 2.05. The number of aliphatic hydroxyl groups is 1. The predicted molar refractivity (Wildman–Crippen MR) is 141 cm³/mol. The maximum atomic E-state index is 11.2. The van der Waals surface area contributed by atoms with Gasteiger partial charge in [0.25, 0.3) is 0 Å². The van der Waals surface area contributed by atoms with Crippen LogP contribution in [0.25, 0.3) is 10.8 Å². The Balaban J connectivity index is 1.08. The molecule has 1 unspecified atom stereocenters. The Morgan fingerprint density at radius 2 is 1.61 bits per heavy atom. The van der Waals surface area contributed by atoms with Gasteiger partial charge in [0.05, 0.1) is 12.1 Å². The summed E-state index contributed by atoms with van der Waals surface area (Å²) in [5.41, 5.74) is 4.20. The maximum absolute atomic E-state index is 11.2. The molecule has 1 heterocycles. The zero-order valence-electron chi connectivity index (χ0n) is 20.8. The fraction of sp³-hybridized carbons (Fsp3) is 0.484. The minimum atomic E-state index is -0.851. The molecule has 3 aromatic rings. The van der Waals surface area contributed by atoms with Gasteiger partial charge in [-0.2, -0.15) is 0 Å². The molecule has 4 aliphatic rings. The summed E-state index contributed by atoms with van der Waals surface area (Å²) < 4.78 is 0. The van der Waals surface area contributed by atoms with Crippen molar-refractivity contribution < 1.29 is 15.0 Å². The average molecular weight is 485 g/mol. The molecule has 0 amide bonds. The van der Waals surface area contributed by atoms with E-state index in [1.807, 2.05) is 36.4 Å². The number of nitrogens with zero attached hydrogens (tertiary/aromatic N) is 1. The highest BCUT2D eigenvalue weighted by atomic mass is 16.4. The molecule has 0 aliphatic heterocycles. The molecule has 188 valence electrons. The zero-order chi connectivity index (χ0) is 24.7. The topological polar surface area (TPSA) is 82.5 Å². The minimum Gasteiger partial charge on any atom is -0.481 e. The van der Waals surface area contributed by atoms with E-state index in [1.165, 1.54) is 44.9 Å². The van der Waals surface area contributed by atoms with Crippen LogP contribution < -0.4 is 5.32 Å². The van der Waals surface area contributed by atoms with Crippen molar-refractivity contribution in [2.24, 2.45) is 23.2 Å². The van der Waals surface area contributed by atoms with Gasteiger partial charge in [-0.1, -0.05) is 48.5 Å². The molecule has 2 aromatic carbocycles. The van der Waals surface area contributed by atoms with Crippen LogP contribution >= 0.6 is 0 Å². The third kappa shape index (κ3) is 4.79. The highest BCUT2D eigenvalue weighted by Gasteiger charge is 2.50. The smallest absolute Gasteiger partial charge is 0.307 e. The van der Waals surface area contributed by atoms with Crippen molar-refractivity contribution >= 4 is 16.7 Å². The number of rotatable bonds is 9. The zero-order valence-corrected chi connectivity index (χ0v) is 20.8. The molecular weight excluding hydrogens is 448 g/mol. The number of fused-ring (bicyclic) bond motifs is 1. The lowest BCUT2D eigenvalue weighted by molar-refractivity contribution is -0.136. The second-order valence-corrected chi connectivity index (χ2v) is 11.8. The van der Waals surface area contributed by atoms with E-state index in [0.29, 0.717) is 11.8 Å². The van der Waals surface area contributed by atoms with Crippen LogP contribution in [0.4, 0.5) is 0 Å². The monoisotopic (exact) mass is 484 g/mol. The van der Waals surface area contributed by atoms with E-state index < -0.39 is 12.2 Å². The second kappa shape index (κ2) is 9.60. The Labute approximate surface area is 213 Å². The number of hydrogen-bond acceptors (Lipinski definition) is 4. The highest BCUT2D eigenvalue weighted by Crippen LogP contribution is 2.61. The van der Waals surface area contributed by atoms with Crippen molar-refractivity contribution in [3.8, 4) is 0 Å². The number of carbonyl (C=O) groups is 1. The number of nitrogens with one attached hydrogen (secondary N) is 1. The highest BCUT2D eigenvalue weighted by molar-refractivity contribution is 5.90. The first-order valence-electron chi connectivity index (χ1n) is 13.5. The van der Waals surface area contributed by atoms with E-state index in [-0.39, 0.29) is 6.42 Å². The van der Waals surface area contributed by atoms with Crippen molar-refractivity contribution in [1.29, 1.82) is 0 Å². The van der Waals surface area contributed by atoms with Crippen molar-refractivity contribution in [1.82, 2.24) is 10.3 Å². The number of aliphatic hydroxyl groups excluding tert-OH is 1. The third-order valence-corrected chi connectivity index (χ3v) is 9.13. The van der Waals surface area contributed by atoms with E-state index in [2.05, 4.69) is 22.4 Å². The molecule has 5 nitrogen and oxygen atoms in total. The van der Waals surface area contributed by atoms with E-state index in [0.717, 1.165) is 57.5 Å². The van der Waals surface area contributed by atoms with Gasteiger partial charge in [0.2, 0.25) is 0 Å². The number of pyridine rings is 1. The van der Waals surface area contributed by atoms with Gasteiger partial charge in [0.15, 0.2) is 0 Å². The van der Waals surface area contributed by atoms with E-state index in [4.69, 9.17) is 0 Å². The first kappa shape index (κ1) is 23.6. The van der Waals surface area contributed by atoms with Crippen LogP contribution in [0.2, 0.25) is 0 Å². The van der Waals surface area contributed by atoms with Crippen molar-refractivity contribution in [3.63, 3.8) is 0 Å². The van der Waals surface area contributed by atoms with Crippen LogP contribution in [-0.2, 0) is 17.6 Å². The third-order valence-electron chi connectivity index (χ3n) is 9.13. The van der Waals surface area contributed by atoms with Gasteiger partial charge >= 0.3 is 5.97 Å². The molecule has 3 N–H and O–H groups in total. The molecule has 1 aromatic heterocycles. The minimum absolute atomic E-state index is 0.0315. The molecular formula is C31H36N2O3. The van der Waals surface area contributed by atoms with Crippen LogP contribution in [0.1, 0.15) is 73.6 Å². The summed E-state index contributed by atoms with van der Waals surface area (Å²) in [6.45, 7) is 0.869. The fourth-order valence-corrected chi connectivity index (χ4v) is 7.95. The quantitative estimate of drug-likeness (QED) is 0.343. The number of carboxylic acids is 1. The standard InChI is InChI=1S/C31H36N2O3/c34-29(35)15-25-19-33-28(27-4-2-1-3-26(25)27)14-20-5-7-24(8-6-20)30(36)32-10-9-31-16-21-11-22(17-31)13-23(12-21)18-31/h1-8,19,21-23,30,32,36H,9-18H2,(H,34,35). The molecule has 0 spiro atoms. The molecule has 0 saturated heterocycles. The Hall–Kier alpha value is -2.76. The van der Waals surface area contributed by atoms with Crippen LogP contribution in [0.3, 0.4) is 0 Å². The molecule has 0 radical (unpaired) electrons. The summed E-state index contributed by atoms with van der Waals surface area (Å²) in [7, 11) is 0. The molecule has 4 bridgehead atoms. The molecule has 4 aliphatic carbocycles. The van der Waals surface area contributed by atoms with Crippen molar-refractivity contribution in [3.05, 3.63) is 77.1 Å². The van der Waals surface area contributed by atoms with Gasteiger partial charge in [0, 0.05) is 18.0 Å². The van der Waals surface area contributed by atoms with Gasteiger partial charge in [-0.15, -0.1) is 0 Å². The lowest BCUT2D eigenvalue weighted by atomic mass is 9.49. The Bertz CT molecular complexity index is 1220.